The molecule has 1 atom stereocenters. The molecule has 1 fully saturated rings. The number of nitrogen functional groups attached to an aromatic ring is 1. The lowest BCUT2D eigenvalue weighted by Gasteiger charge is -2.43. The van der Waals surface area contributed by atoms with Gasteiger partial charge in [0.25, 0.3) is 0 Å². The Kier molecular flexibility index (Phi) is 3.64. The van der Waals surface area contributed by atoms with Gasteiger partial charge in [0.2, 0.25) is 0 Å². The quantitative estimate of drug-likeness (QED) is 0.740. The van der Waals surface area contributed by atoms with Gasteiger partial charge >= 0.3 is 0 Å². The van der Waals surface area contributed by atoms with Crippen molar-refractivity contribution in [2.75, 3.05) is 24.7 Å². The molecule has 2 aliphatic heterocycles. The van der Waals surface area contributed by atoms with Gasteiger partial charge in [0.15, 0.2) is 9.84 Å². The highest BCUT2D eigenvalue weighted by molar-refractivity contribution is 7.93. The Bertz CT molecular complexity index is 772. The van der Waals surface area contributed by atoms with E-state index in [1.165, 1.54) is 18.2 Å². The molecular weight excluding hydrogens is 321 g/mol. The van der Waals surface area contributed by atoms with Gasteiger partial charge < -0.3 is 16.2 Å². The first-order valence-electron chi connectivity index (χ1n) is 7.42. The summed E-state index contributed by atoms with van der Waals surface area (Å²) in [5.41, 5.74) is 11.0. The third-order valence-electron chi connectivity index (χ3n) is 4.77. The SMILES string of the molecule is CC1(c2cc(N)ccc2F)CS(=O)(=O)C2(CCOCC2)C(N)=N1. The second-order valence-corrected chi connectivity index (χ2v) is 8.68. The minimum atomic E-state index is -3.62. The average Bonchev–Trinajstić information content (AvgIpc) is 2.48. The summed E-state index contributed by atoms with van der Waals surface area (Å²) < 4.78 is 44.3. The molecule has 126 valence electrons. The molecule has 1 unspecified atom stereocenters. The lowest BCUT2D eigenvalue weighted by Crippen LogP contribution is -2.60. The fraction of sp³-hybridized carbons (Fsp3) is 0.533. The number of anilines is 1. The summed E-state index contributed by atoms with van der Waals surface area (Å²) in [5.74, 6) is -0.811. The Hall–Kier alpha value is -1.67. The first-order chi connectivity index (χ1) is 10.7. The lowest BCUT2D eigenvalue weighted by molar-refractivity contribution is 0.0875. The molecule has 6 nitrogen and oxygen atoms in total. The van der Waals surface area contributed by atoms with Gasteiger partial charge in [0.05, 0.1) is 5.75 Å². The highest BCUT2D eigenvalue weighted by atomic mass is 32.2. The van der Waals surface area contributed by atoms with Crippen LogP contribution in [-0.4, -0.2) is 38.0 Å². The van der Waals surface area contributed by atoms with Crippen molar-refractivity contribution in [3.05, 3.63) is 29.6 Å². The van der Waals surface area contributed by atoms with Crippen LogP contribution in [0.3, 0.4) is 0 Å². The minimum Gasteiger partial charge on any atom is -0.399 e. The molecule has 0 radical (unpaired) electrons. The number of benzene rings is 1. The topological polar surface area (TPSA) is 108 Å². The first-order valence-corrected chi connectivity index (χ1v) is 9.07. The van der Waals surface area contributed by atoms with Gasteiger partial charge in [-0.2, -0.15) is 0 Å². The number of sulfone groups is 1. The molecule has 2 heterocycles. The maximum absolute atomic E-state index is 14.2. The van der Waals surface area contributed by atoms with E-state index < -0.39 is 25.9 Å². The maximum Gasteiger partial charge on any atom is 0.166 e. The summed E-state index contributed by atoms with van der Waals surface area (Å²) in [6.45, 7) is 2.21. The van der Waals surface area contributed by atoms with Gasteiger partial charge in [-0.1, -0.05) is 0 Å². The zero-order chi connectivity index (χ0) is 16.9. The third-order valence-corrected chi connectivity index (χ3v) is 7.52. The predicted octanol–water partition coefficient (Wildman–Crippen LogP) is 0.958. The third kappa shape index (κ3) is 2.40. The monoisotopic (exact) mass is 341 g/mol. The van der Waals surface area contributed by atoms with Crippen LogP contribution >= 0.6 is 0 Å². The van der Waals surface area contributed by atoms with Crippen molar-refractivity contribution in [2.45, 2.75) is 30.1 Å². The first kappa shape index (κ1) is 16.2. The van der Waals surface area contributed by atoms with Crippen LogP contribution in [0.15, 0.2) is 23.2 Å². The number of hydrogen-bond acceptors (Lipinski definition) is 6. The van der Waals surface area contributed by atoms with E-state index in [0.717, 1.165) is 0 Å². The van der Waals surface area contributed by atoms with E-state index in [1.807, 2.05) is 0 Å². The van der Waals surface area contributed by atoms with Gasteiger partial charge in [-0.25, -0.2) is 12.8 Å². The molecule has 3 rings (SSSR count). The minimum absolute atomic E-state index is 0.0383. The van der Waals surface area contributed by atoms with Gasteiger partial charge in [0.1, 0.15) is 21.9 Å². The Labute approximate surface area is 134 Å². The van der Waals surface area contributed by atoms with Gasteiger partial charge in [-0.15, -0.1) is 0 Å². The largest absolute Gasteiger partial charge is 0.399 e. The van der Waals surface area contributed by atoms with Crippen molar-refractivity contribution in [2.24, 2.45) is 10.7 Å². The fourth-order valence-corrected chi connectivity index (χ4v) is 5.82. The Morgan fingerprint density at radius 2 is 1.91 bits per heavy atom. The molecule has 0 amide bonds. The number of aliphatic imine (C=N–C) groups is 1. The Morgan fingerprint density at radius 1 is 1.26 bits per heavy atom. The second kappa shape index (κ2) is 5.17. The predicted molar refractivity (Wildman–Crippen MR) is 86.4 cm³/mol. The number of halogens is 1. The summed E-state index contributed by atoms with van der Waals surface area (Å²) in [5, 5.41) is 0. The van der Waals surface area contributed by atoms with Crippen molar-refractivity contribution in [3.8, 4) is 0 Å². The van der Waals surface area contributed by atoms with Crippen LogP contribution in [0.1, 0.15) is 25.3 Å². The van der Waals surface area contributed by atoms with Crippen LogP contribution in [0.25, 0.3) is 0 Å². The normalized spacial score (nSPS) is 29.2. The fourth-order valence-electron chi connectivity index (χ4n) is 3.43. The number of nitrogens with zero attached hydrogens (tertiary/aromatic N) is 1. The number of hydrogen-bond donors (Lipinski definition) is 2. The molecule has 2 aliphatic rings. The molecular formula is C15H20FN3O3S. The molecule has 0 saturated carbocycles. The summed E-state index contributed by atoms with van der Waals surface area (Å²) in [6, 6.07) is 4.06. The van der Waals surface area contributed by atoms with E-state index in [4.69, 9.17) is 16.2 Å². The molecule has 23 heavy (non-hydrogen) atoms. The molecule has 1 aromatic carbocycles. The standard InChI is InChI=1S/C15H20FN3O3S/c1-14(11-8-10(17)2-3-12(11)16)9-23(20,21)15(13(18)19-14)4-6-22-7-5-15/h2-3,8H,4-7,9,17H2,1H3,(H2,18,19). The van der Waals surface area contributed by atoms with Gasteiger partial charge in [-0.3, -0.25) is 4.99 Å². The van der Waals surface area contributed by atoms with Crippen LogP contribution in [0, 0.1) is 5.82 Å². The van der Waals surface area contributed by atoms with Crippen LogP contribution in [0.4, 0.5) is 10.1 Å². The van der Waals surface area contributed by atoms with E-state index in [0.29, 0.717) is 18.9 Å². The highest BCUT2D eigenvalue weighted by Gasteiger charge is 2.55. The molecule has 0 aromatic heterocycles. The van der Waals surface area contributed by atoms with Crippen LogP contribution in [-0.2, 0) is 20.1 Å². The summed E-state index contributed by atoms with van der Waals surface area (Å²) in [4.78, 5) is 4.42. The number of amidine groups is 1. The number of ether oxygens (including phenoxy) is 1. The molecule has 4 N–H and O–H groups in total. The Balaban J connectivity index is 2.15. The van der Waals surface area contributed by atoms with E-state index in [-0.39, 0.29) is 30.0 Å². The Morgan fingerprint density at radius 3 is 2.52 bits per heavy atom. The van der Waals surface area contributed by atoms with Crippen molar-refractivity contribution in [1.29, 1.82) is 0 Å². The lowest BCUT2D eigenvalue weighted by atomic mass is 9.91. The van der Waals surface area contributed by atoms with E-state index in [2.05, 4.69) is 4.99 Å². The van der Waals surface area contributed by atoms with E-state index in [9.17, 15) is 12.8 Å². The summed E-state index contributed by atoms with van der Waals surface area (Å²) >= 11 is 0. The smallest absolute Gasteiger partial charge is 0.166 e. The number of nitrogens with two attached hydrogens (primary N) is 2. The summed E-state index contributed by atoms with van der Waals surface area (Å²) in [6.07, 6.45) is 0.556. The van der Waals surface area contributed by atoms with Crippen molar-refractivity contribution < 1.29 is 17.5 Å². The second-order valence-electron chi connectivity index (χ2n) is 6.38. The molecule has 8 heteroatoms. The molecule has 0 bridgehead atoms. The van der Waals surface area contributed by atoms with Crippen LogP contribution in [0.5, 0.6) is 0 Å². The van der Waals surface area contributed by atoms with Crippen LogP contribution in [0.2, 0.25) is 0 Å². The van der Waals surface area contributed by atoms with Crippen molar-refractivity contribution >= 4 is 21.4 Å². The molecule has 1 spiro atoms. The van der Waals surface area contributed by atoms with Crippen LogP contribution < -0.4 is 11.5 Å². The van der Waals surface area contributed by atoms with Gasteiger partial charge in [-0.05, 0) is 38.0 Å². The average molecular weight is 341 g/mol. The highest BCUT2D eigenvalue weighted by Crippen LogP contribution is 2.42. The molecule has 0 aliphatic carbocycles. The van der Waals surface area contributed by atoms with E-state index >= 15 is 0 Å². The van der Waals surface area contributed by atoms with Crippen molar-refractivity contribution in [1.82, 2.24) is 0 Å². The molecule has 1 saturated heterocycles. The molecule has 1 aromatic rings. The number of rotatable bonds is 1. The maximum atomic E-state index is 14.2. The zero-order valence-corrected chi connectivity index (χ0v) is 13.7. The van der Waals surface area contributed by atoms with Gasteiger partial charge in [0, 0.05) is 24.5 Å². The van der Waals surface area contributed by atoms with Crippen molar-refractivity contribution in [3.63, 3.8) is 0 Å². The summed E-state index contributed by atoms with van der Waals surface area (Å²) in [7, 11) is -3.62. The zero-order valence-electron chi connectivity index (χ0n) is 12.9. The van der Waals surface area contributed by atoms with E-state index in [1.54, 1.807) is 6.92 Å².